The van der Waals surface area contributed by atoms with E-state index in [4.69, 9.17) is 4.74 Å². The first-order chi connectivity index (χ1) is 25.7. The van der Waals surface area contributed by atoms with Crippen LogP contribution in [-0.2, 0) is 0 Å². The lowest BCUT2D eigenvalue weighted by molar-refractivity contribution is -0.176. The quantitative estimate of drug-likeness (QED) is 0.186. The van der Waals surface area contributed by atoms with Crippen LogP contribution in [0.25, 0.3) is 0 Å². The van der Waals surface area contributed by atoms with Crippen molar-refractivity contribution < 1.29 is 24.5 Å². The number of ketones is 1. The minimum Gasteiger partial charge on any atom is -0.497 e. The van der Waals surface area contributed by atoms with Crippen LogP contribution in [0.2, 0.25) is 0 Å². The maximum atomic E-state index is 15.0. The topological polar surface area (TPSA) is 99.1 Å². The number of benzene rings is 2. The molecule has 2 aromatic rings. The van der Waals surface area contributed by atoms with E-state index >= 15 is 0 Å². The zero-order valence-electron chi connectivity index (χ0n) is 32.9. The van der Waals surface area contributed by atoms with Crippen LogP contribution in [-0.4, -0.2) is 58.8 Å². The van der Waals surface area contributed by atoms with E-state index in [9.17, 15) is 19.8 Å². The Balaban J connectivity index is 1.09. The number of carbonyl (C=O) groups is 2. The summed E-state index contributed by atoms with van der Waals surface area (Å²) < 4.78 is 5.44. The van der Waals surface area contributed by atoms with Crippen LogP contribution in [0.1, 0.15) is 102 Å². The number of amides is 2. The van der Waals surface area contributed by atoms with E-state index < -0.39 is 27.9 Å². The molecule has 2 amide bonds. The number of Topliss-reactive ketones (excluding diaryl/α,β-unsaturated/α-hetero) is 1. The molecule has 2 spiro atoms. The van der Waals surface area contributed by atoms with Crippen molar-refractivity contribution in [1.82, 2.24) is 4.90 Å². The van der Waals surface area contributed by atoms with Crippen LogP contribution in [0, 0.1) is 56.7 Å². The maximum absolute atomic E-state index is 15.0. The summed E-state index contributed by atoms with van der Waals surface area (Å²) in [5.41, 5.74) is -0.185. The van der Waals surface area contributed by atoms with E-state index in [0.717, 1.165) is 55.7 Å². The van der Waals surface area contributed by atoms with Crippen LogP contribution < -0.4 is 10.1 Å². The van der Waals surface area contributed by atoms with Gasteiger partial charge in [-0.2, -0.15) is 0 Å². The highest BCUT2D eigenvalue weighted by atomic mass is 16.5. The maximum Gasteiger partial charge on any atom is 0.321 e. The van der Waals surface area contributed by atoms with Crippen LogP contribution >= 0.6 is 0 Å². The normalized spacial score (nSPS) is 42.1. The first-order valence-corrected chi connectivity index (χ1v) is 20.8. The van der Waals surface area contributed by atoms with Gasteiger partial charge in [-0.05, 0) is 141 Å². The van der Waals surface area contributed by atoms with E-state index in [0.29, 0.717) is 42.5 Å². The molecule has 0 aromatic heterocycles. The molecule has 11 unspecified atom stereocenters. The second-order valence-electron chi connectivity index (χ2n) is 19.7. The highest BCUT2D eigenvalue weighted by Gasteiger charge is 2.74. The fraction of sp³-hybridized carbons (Fsp3) is 0.617. The Morgan fingerprint density at radius 2 is 1.57 bits per heavy atom. The van der Waals surface area contributed by atoms with Crippen molar-refractivity contribution in [2.24, 2.45) is 56.7 Å². The van der Waals surface area contributed by atoms with Gasteiger partial charge in [0, 0.05) is 39.6 Å². The second-order valence-corrected chi connectivity index (χ2v) is 19.7. The number of aliphatic hydroxyl groups excluding tert-OH is 1. The molecular weight excluding hydrogens is 673 g/mol. The molecule has 3 N–H and O–H groups in total. The van der Waals surface area contributed by atoms with Gasteiger partial charge in [0.25, 0.3) is 0 Å². The fourth-order valence-corrected chi connectivity index (χ4v) is 14.2. The molecule has 0 saturated heterocycles. The summed E-state index contributed by atoms with van der Waals surface area (Å²) in [7, 11) is 1.64. The molecule has 4 bridgehead atoms. The van der Waals surface area contributed by atoms with Gasteiger partial charge in [-0.25, -0.2) is 4.79 Å². The van der Waals surface area contributed by atoms with Crippen molar-refractivity contribution in [2.45, 2.75) is 104 Å². The fourth-order valence-electron chi connectivity index (χ4n) is 14.2. The largest absolute Gasteiger partial charge is 0.497 e. The predicted octanol–water partition coefficient (Wildman–Crippen LogP) is 9.08. The van der Waals surface area contributed by atoms with Crippen LogP contribution in [0.4, 0.5) is 10.5 Å². The van der Waals surface area contributed by atoms with Gasteiger partial charge >= 0.3 is 6.03 Å². The van der Waals surface area contributed by atoms with Gasteiger partial charge < -0.3 is 25.2 Å². The standard InChI is InChI=1S/C47H60N2O5/c1-42(2)32-14-11-31(36(42)25-32)28-49(41(52)48-33-9-7-6-8-10-33)29-46(53)22-19-39-44(46,4)21-18-38-43(3)20-17-34(50)26-45(43)23-24-47(38,39)37(27-45)40(51)30-12-15-35(54-5)16-13-30/h6-10,12-13,15-16,23-24,27,31-32,34,36,38-39,50,53H,11,14,17-22,25-26,28-29H2,1-5H3,(H,48,52). The Bertz CT molecular complexity index is 1890. The number of para-hydroxylation sites is 1. The van der Waals surface area contributed by atoms with Gasteiger partial charge in [0.1, 0.15) is 5.75 Å². The zero-order valence-corrected chi connectivity index (χ0v) is 32.9. The molecule has 11 atom stereocenters. The second kappa shape index (κ2) is 12.3. The first kappa shape index (κ1) is 36.2. The van der Waals surface area contributed by atoms with Crippen LogP contribution in [0.5, 0.6) is 5.75 Å². The smallest absolute Gasteiger partial charge is 0.321 e. The molecule has 11 rings (SSSR count). The number of carbonyl (C=O) groups excluding carboxylic acids is 2. The third-order valence-corrected chi connectivity index (χ3v) is 17.5. The summed E-state index contributed by atoms with van der Waals surface area (Å²) >= 11 is 0. The van der Waals surface area contributed by atoms with Crippen molar-refractivity contribution in [3.05, 3.63) is 84.0 Å². The van der Waals surface area contributed by atoms with E-state index in [1.54, 1.807) is 7.11 Å². The lowest BCUT2D eigenvalue weighted by atomic mass is 9.32. The molecule has 6 saturated carbocycles. The number of nitrogens with zero attached hydrogens (tertiary/aromatic N) is 1. The number of aliphatic hydroxyl groups is 2. The number of hydrogen-bond acceptors (Lipinski definition) is 5. The summed E-state index contributed by atoms with van der Waals surface area (Å²) in [5, 5.41) is 27.6. The van der Waals surface area contributed by atoms with Crippen molar-refractivity contribution in [3.8, 4) is 5.75 Å². The molecular formula is C47H60N2O5. The van der Waals surface area contributed by atoms with Gasteiger partial charge in [-0.1, -0.05) is 64.1 Å². The number of rotatable bonds is 8. The van der Waals surface area contributed by atoms with E-state index in [-0.39, 0.29) is 41.0 Å². The summed E-state index contributed by atoms with van der Waals surface area (Å²) in [6.07, 6.45) is 15.6. The summed E-state index contributed by atoms with van der Waals surface area (Å²) in [5.74, 6) is 2.73. The van der Waals surface area contributed by atoms with Crippen LogP contribution in [0.15, 0.2) is 78.4 Å². The number of ether oxygens (including phenoxy) is 1. The van der Waals surface area contributed by atoms with E-state index in [1.165, 1.54) is 12.8 Å². The lowest BCUT2D eigenvalue weighted by Gasteiger charge is -2.71. The Kier molecular flexibility index (Phi) is 8.25. The summed E-state index contributed by atoms with van der Waals surface area (Å²) in [6, 6.07) is 17.0. The first-order valence-electron chi connectivity index (χ1n) is 20.8. The molecule has 0 radical (unpaired) electrons. The van der Waals surface area contributed by atoms with Crippen molar-refractivity contribution in [3.63, 3.8) is 0 Å². The third kappa shape index (κ3) is 4.92. The number of hydrogen-bond donors (Lipinski definition) is 3. The number of anilines is 1. The predicted molar refractivity (Wildman–Crippen MR) is 211 cm³/mol. The molecule has 54 heavy (non-hydrogen) atoms. The van der Waals surface area contributed by atoms with Gasteiger partial charge in [0.05, 0.1) is 25.4 Å². The lowest BCUT2D eigenvalue weighted by Crippen LogP contribution is -2.67. The molecule has 0 aliphatic heterocycles. The molecule has 6 fully saturated rings. The van der Waals surface area contributed by atoms with Gasteiger partial charge in [0.15, 0.2) is 5.78 Å². The third-order valence-electron chi connectivity index (χ3n) is 17.5. The number of methoxy groups -OCH3 is 1. The van der Waals surface area contributed by atoms with Gasteiger partial charge in [0.2, 0.25) is 0 Å². The minimum absolute atomic E-state index is 0.0143. The van der Waals surface area contributed by atoms with E-state index in [2.05, 4.69) is 51.2 Å². The van der Waals surface area contributed by atoms with Crippen LogP contribution in [0.3, 0.4) is 0 Å². The molecule has 2 aromatic carbocycles. The number of fused-ring (bicyclic) bond motifs is 3. The SMILES string of the molecule is COc1ccc(C(=O)C2=CC34C=CC25C(CCC2(C)C5CCC2(O)CN(CC2CCC5CC2C5(C)C)C(=O)Nc2ccccc2)C3(C)CCC(O)C4)cc1. The molecule has 9 aliphatic carbocycles. The molecule has 7 heteroatoms. The minimum atomic E-state index is -1.13. The molecule has 0 heterocycles. The highest BCUT2D eigenvalue weighted by molar-refractivity contribution is 6.10. The molecule has 288 valence electrons. The average Bonchev–Trinajstić information content (AvgIpc) is 3.44. The number of allylic oxidation sites excluding steroid dienone is 4. The Morgan fingerprint density at radius 3 is 2.28 bits per heavy atom. The Labute approximate surface area is 321 Å². The number of urea groups is 1. The van der Waals surface area contributed by atoms with Crippen molar-refractivity contribution in [1.29, 1.82) is 0 Å². The Hall–Kier alpha value is -3.42. The highest BCUT2D eigenvalue weighted by Crippen LogP contribution is 2.78. The number of nitrogens with one attached hydrogen (secondary N) is 1. The van der Waals surface area contributed by atoms with Crippen molar-refractivity contribution >= 4 is 17.5 Å². The molecule has 7 nitrogen and oxygen atoms in total. The van der Waals surface area contributed by atoms with Crippen molar-refractivity contribution in [2.75, 3.05) is 25.5 Å². The van der Waals surface area contributed by atoms with Gasteiger partial charge in [-0.3, -0.25) is 4.79 Å². The Morgan fingerprint density at radius 1 is 0.870 bits per heavy atom. The van der Waals surface area contributed by atoms with E-state index in [1.807, 2.05) is 59.5 Å². The molecule has 9 aliphatic rings. The summed E-state index contributed by atoms with van der Waals surface area (Å²) in [4.78, 5) is 31.3. The van der Waals surface area contributed by atoms with Gasteiger partial charge in [-0.15, -0.1) is 0 Å². The monoisotopic (exact) mass is 732 g/mol. The average molecular weight is 733 g/mol. The summed E-state index contributed by atoms with van der Waals surface area (Å²) in [6.45, 7) is 10.4. The zero-order chi connectivity index (χ0) is 37.9.